The fourth-order valence-electron chi connectivity index (χ4n) is 3.13. The van der Waals surface area contributed by atoms with E-state index in [1.807, 2.05) is 13.8 Å². The summed E-state index contributed by atoms with van der Waals surface area (Å²) in [4.78, 5) is 41.6. The highest BCUT2D eigenvalue weighted by atomic mass is 35.5. The van der Waals surface area contributed by atoms with E-state index < -0.39 is 21.4 Å². The summed E-state index contributed by atoms with van der Waals surface area (Å²) < 4.78 is 30.5. The van der Waals surface area contributed by atoms with Crippen LogP contribution in [0.15, 0.2) is 28.0 Å². The van der Waals surface area contributed by atoms with Crippen LogP contribution in [0.2, 0.25) is 5.28 Å². The number of carbonyl (C=O) groups is 1. The van der Waals surface area contributed by atoms with E-state index in [2.05, 4.69) is 25.3 Å². The highest BCUT2D eigenvalue weighted by Crippen LogP contribution is 2.22. The highest BCUT2D eigenvalue weighted by Gasteiger charge is 2.20. The van der Waals surface area contributed by atoms with Gasteiger partial charge in [0, 0.05) is 19.2 Å². The third-order valence-corrected chi connectivity index (χ3v) is 7.09. The molecular formula is C21H25ClN6O5S. The first-order chi connectivity index (χ1) is 16.1. The molecule has 0 radical (unpaired) electrons. The predicted octanol–water partition coefficient (Wildman–Crippen LogP) is 2.67. The number of halogens is 1. The molecule has 11 nitrogen and oxygen atoms in total. The minimum atomic E-state index is -3.36. The standard InChI is InChI=1S/C21H25ClN6O5S/c1-5-12(3)28-19-17(16(11-33-13(4)29)25-21(22)27-19)26-18(20(28)30)24-9-14-7-8-15(10-23-14)34(31,32)6-2/h7-8,10,12H,5-6,9,11H2,1-4H3,(H,24,26)/t12-/m1/s1. The Hall–Kier alpha value is -3.12. The van der Waals surface area contributed by atoms with Gasteiger partial charge in [-0.25, -0.2) is 18.4 Å². The van der Waals surface area contributed by atoms with Crippen molar-refractivity contribution in [1.82, 2.24) is 24.5 Å². The second-order valence-corrected chi connectivity index (χ2v) is 10.1. The number of carbonyl (C=O) groups excluding carboxylic acids is 1. The lowest BCUT2D eigenvalue weighted by atomic mass is 10.2. The van der Waals surface area contributed by atoms with E-state index in [0.29, 0.717) is 12.1 Å². The fourth-order valence-corrected chi connectivity index (χ4v) is 4.13. The van der Waals surface area contributed by atoms with Gasteiger partial charge in [-0.2, -0.15) is 4.98 Å². The van der Waals surface area contributed by atoms with E-state index >= 15 is 0 Å². The van der Waals surface area contributed by atoms with Gasteiger partial charge in [-0.1, -0.05) is 13.8 Å². The number of sulfone groups is 1. The van der Waals surface area contributed by atoms with E-state index in [-0.39, 0.29) is 57.8 Å². The summed E-state index contributed by atoms with van der Waals surface area (Å²) >= 11 is 6.08. The van der Waals surface area contributed by atoms with Crippen molar-refractivity contribution in [2.24, 2.45) is 0 Å². The van der Waals surface area contributed by atoms with Crippen LogP contribution in [0.25, 0.3) is 11.2 Å². The van der Waals surface area contributed by atoms with Crippen molar-refractivity contribution < 1.29 is 17.9 Å². The van der Waals surface area contributed by atoms with Crippen LogP contribution < -0.4 is 10.9 Å². The Morgan fingerprint density at radius 3 is 2.56 bits per heavy atom. The minimum absolute atomic E-state index is 0.0230. The maximum Gasteiger partial charge on any atom is 0.303 e. The van der Waals surface area contributed by atoms with Gasteiger partial charge in [0.2, 0.25) is 5.28 Å². The second-order valence-electron chi connectivity index (χ2n) is 7.53. The zero-order chi connectivity index (χ0) is 25.0. The molecule has 0 saturated heterocycles. The van der Waals surface area contributed by atoms with Crippen LogP contribution in [0.3, 0.4) is 0 Å². The van der Waals surface area contributed by atoms with Crippen LogP contribution in [0.5, 0.6) is 0 Å². The number of fused-ring (bicyclic) bond motifs is 1. The maximum atomic E-state index is 13.3. The van der Waals surface area contributed by atoms with Crippen LogP contribution in [-0.2, 0) is 32.5 Å². The molecule has 0 aromatic carbocycles. The van der Waals surface area contributed by atoms with Crippen molar-refractivity contribution in [2.75, 3.05) is 11.1 Å². The molecule has 1 atom stereocenters. The second kappa shape index (κ2) is 10.4. The molecule has 1 N–H and O–H groups in total. The Morgan fingerprint density at radius 1 is 1.24 bits per heavy atom. The normalized spacial score (nSPS) is 12.5. The number of pyridine rings is 1. The van der Waals surface area contributed by atoms with Gasteiger partial charge in [0.05, 0.1) is 22.9 Å². The quantitative estimate of drug-likeness (QED) is 0.338. The lowest BCUT2D eigenvalue weighted by Crippen LogP contribution is -2.29. The van der Waals surface area contributed by atoms with Crippen molar-refractivity contribution in [3.8, 4) is 0 Å². The van der Waals surface area contributed by atoms with Crippen molar-refractivity contribution in [3.63, 3.8) is 0 Å². The first-order valence-electron chi connectivity index (χ1n) is 10.6. The SMILES string of the molecule is CC[C@@H](C)n1c(=O)c(NCc2ccc(S(=O)(=O)CC)cn2)nc2c(COC(C)=O)nc(Cl)nc21. The molecule has 0 aliphatic carbocycles. The fraction of sp³-hybridized carbons (Fsp3) is 0.429. The molecule has 0 fully saturated rings. The molecule has 0 spiro atoms. The molecule has 0 saturated carbocycles. The molecule has 3 aromatic rings. The van der Waals surface area contributed by atoms with Crippen LogP contribution in [0.4, 0.5) is 5.82 Å². The Balaban J connectivity index is 2.04. The zero-order valence-corrected chi connectivity index (χ0v) is 20.8. The molecule has 13 heteroatoms. The largest absolute Gasteiger partial charge is 0.459 e. The van der Waals surface area contributed by atoms with Gasteiger partial charge < -0.3 is 10.1 Å². The van der Waals surface area contributed by atoms with Crippen molar-refractivity contribution in [3.05, 3.63) is 45.4 Å². The number of nitrogens with zero attached hydrogens (tertiary/aromatic N) is 5. The third kappa shape index (κ3) is 5.50. The summed E-state index contributed by atoms with van der Waals surface area (Å²) in [5.41, 5.74) is 0.862. The summed E-state index contributed by atoms with van der Waals surface area (Å²) in [6.07, 6.45) is 1.92. The van der Waals surface area contributed by atoms with Gasteiger partial charge in [-0.15, -0.1) is 0 Å². The summed E-state index contributed by atoms with van der Waals surface area (Å²) in [5.74, 6) is -0.504. The lowest BCUT2D eigenvalue weighted by molar-refractivity contribution is -0.142. The molecule has 3 rings (SSSR count). The van der Waals surface area contributed by atoms with Crippen molar-refractivity contribution in [2.45, 2.75) is 58.2 Å². The zero-order valence-electron chi connectivity index (χ0n) is 19.2. The van der Waals surface area contributed by atoms with E-state index in [0.717, 1.165) is 0 Å². The summed E-state index contributed by atoms with van der Waals surface area (Å²) in [6, 6.07) is 2.81. The molecule has 3 heterocycles. The molecule has 0 unspecified atom stereocenters. The molecule has 0 amide bonds. The summed E-state index contributed by atoms with van der Waals surface area (Å²) in [7, 11) is -3.36. The lowest BCUT2D eigenvalue weighted by Gasteiger charge is -2.18. The highest BCUT2D eigenvalue weighted by molar-refractivity contribution is 7.91. The number of nitrogens with one attached hydrogen (secondary N) is 1. The van der Waals surface area contributed by atoms with Gasteiger partial charge >= 0.3 is 5.97 Å². The smallest absolute Gasteiger partial charge is 0.303 e. The topological polar surface area (TPSA) is 146 Å². The molecule has 0 bridgehead atoms. The molecule has 34 heavy (non-hydrogen) atoms. The number of esters is 1. The van der Waals surface area contributed by atoms with Crippen LogP contribution in [0, 0.1) is 0 Å². The summed E-state index contributed by atoms with van der Waals surface area (Å²) in [6.45, 7) is 6.55. The number of aromatic nitrogens is 5. The predicted molar refractivity (Wildman–Crippen MR) is 126 cm³/mol. The van der Waals surface area contributed by atoms with Gasteiger partial charge in [0.25, 0.3) is 5.56 Å². The average Bonchev–Trinajstić information content (AvgIpc) is 2.81. The number of rotatable bonds is 9. The van der Waals surface area contributed by atoms with Crippen molar-refractivity contribution in [1.29, 1.82) is 0 Å². The molecule has 0 aliphatic heterocycles. The molecule has 0 aliphatic rings. The van der Waals surface area contributed by atoms with E-state index in [1.165, 1.54) is 23.8 Å². The van der Waals surface area contributed by atoms with Gasteiger partial charge in [0.1, 0.15) is 17.8 Å². The maximum absolute atomic E-state index is 13.3. The van der Waals surface area contributed by atoms with Crippen LogP contribution in [0.1, 0.15) is 51.5 Å². The third-order valence-electron chi connectivity index (χ3n) is 5.20. The first-order valence-corrected chi connectivity index (χ1v) is 12.6. The van der Waals surface area contributed by atoms with E-state index in [9.17, 15) is 18.0 Å². The summed E-state index contributed by atoms with van der Waals surface area (Å²) in [5, 5.41) is 2.87. The van der Waals surface area contributed by atoms with Crippen LogP contribution >= 0.6 is 11.6 Å². The average molecular weight is 509 g/mol. The Labute approximate surface area is 201 Å². The first kappa shape index (κ1) is 25.5. The number of hydrogen-bond acceptors (Lipinski definition) is 10. The van der Waals surface area contributed by atoms with Crippen molar-refractivity contribution >= 4 is 44.4 Å². The van der Waals surface area contributed by atoms with E-state index in [4.69, 9.17) is 16.3 Å². The minimum Gasteiger partial charge on any atom is -0.459 e. The Kier molecular flexibility index (Phi) is 7.82. The van der Waals surface area contributed by atoms with Gasteiger partial charge in [-0.3, -0.25) is 19.1 Å². The number of hydrogen-bond donors (Lipinski definition) is 1. The van der Waals surface area contributed by atoms with Crippen LogP contribution in [-0.4, -0.2) is 44.6 Å². The van der Waals surface area contributed by atoms with E-state index in [1.54, 1.807) is 13.0 Å². The Bertz CT molecular complexity index is 1380. The monoisotopic (exact) mass is 508 g/mol. The molecule has 3 aromatic heterocycles. The molecular weight excluding hydrogens is 484 g/mol. The number of ether oxygens (including phenoxy) is 1. The molecule has 182 valence electrons. The van der Waals surface area contributed by atoms with Gasteiger partial charge in [0.15, 0.2) is 21.3 Å². The Morgan fingerprint density at radius 2 is 1.97 bits per heavy atom. The van der Waals surface area contributed by atoms with Gasteiger partial charge in [-0.05, 0) is 37.1 Å². The number of anilines is 1.